The highest BCUT2D eigenvalue weighted by Gasteiger charge is 2.32. The van der Waals surface area contributed by atoms with Gasteiger partial charge in [0.05, 0.1) is 16.9 Å². The average molecular weight is 688 g/mol. The molecule has 1 fully saturated rings. The fraction of sp³-hybridized carbons (Fsp3) is 0.367. The molecule has 16 heteroatoms. The second-order valence-corrected chi connectivity index (χ2v) is 12.5. The Kier molecular flexibility index (Phi) is 13.3. The molecule has 1 amide bonds. The molecule has 1 saturated heterocycles. The molecule has 0 aromatic heterocycles. The number of piperazine rings is 1. The lowest BCUT2D eigenvalue weighted by Gasteiger charge is -2.32. The largest absolute Gasteiger partial charge is 0.573 e. The van der Waals surface area contributed by atoms with Crippen LogP contribution in [-0.4, -0.2) is 74.2 Å². The summed E-state index contributed by atoms with van der Waals surface area (Å²) in [6.45, 7) is 3.16. The average Bonchev–Trinajstić information content (AvgIpc) is 3.28. The molecule has 0 atom stereocenters. The van der Waals surface area contributed by atoms with Gasteiger partial charge in [-0.3, -0.25) is 4.79 Å². The zero-order valence-electron chi connectivity index (χ0n) is 25.1. The second-order valence-electron chi connectivity index (χ2n) is 9.81. The first kappa shape index (κ1) is 36.7. The minimum atomic E-state index is -4.83. The van der Waals surface area contributed by atoms with E-state index in [0.29, 0.717) is 26.0 Å². The van der Waals surface area contributed by atoms with E-state index in [1.165, 1.54) is 35.1 Å². The highest BCUT2D eigenvalue weighted by Crippen LogP contribution is 2.31. The standard InChI is InChI=1S/C19H21F3N4O3S2.C11H13F2NO/c1-30-18-17(4-2-3-9-23-18)24-14-25-10-12-26(13-11-25)31(27,28)16-7-5-15(6-8-16)29-19(20,21)22;1-2-11(12,13)10-5-3-9(4-6-10)7-14-8-15/h3-9,14H,2,10-13H2,1H3;3-6,8H,2,7H2,1H3,(H,14,15). The molecule has 250 valence electrons. The molecule has 1 N–H and O–H groups in total. The van der Waals surface area contributed by atoms with E-state index in [1.807, 2.05) is 23.3 Å². The molecular weight excluding hydrogens is 653 g/mol. The molecule has 0 spiro atoms. The summed E-state index contributed by atoms with van der Waals surface area (Å²) >= 11 is 1.50. The number of carbonyl (C=O) groups excluding carboxylic acids is 1. The Labute approximate surface area is 269 Å². The Bertz CT molecular complexity index is 1520. The molecule has 2 aromatic carbocycles. The number of alkyl halides is 5. The van der Waals surface area contributed by atoms with Gasteiger partial charge in [-0.15, -0.1) is 24.9 Å². The van der Waals surface area contributed by atoms with Crippen LogP contribution >= 0.6 is 11.8 Å². The van der Waals surface area contributed by atoms with Crippen molar-refractivity contribution in [1.82, 2.24) is 14.5 Å². The van der Waals surface area contributed by atoms with Crippen LogP contribution in [0, 0.1) is 0 Å². The van der Waals surface area contributed by atoms with Crippen molar-refractivity contribution >= 4 is 39.6 Å². The smallest absolute Gasteiger partial charge is 0.406 e. The van der Waals surface area contributed by atoms with Gasteiger partial charge in [-0.1, -0.05) is 43.3 Å². The van der Waals surface area contributed by atoms with Gasteiger partial charge in [0.15, 0.2) is 0 Å². The van der Waals surface area contributed by atoms with Crippen LogP contribution in [0.5, 0.6) is 5.75 Å². The Balaban J connectivity index is 0.000000322. The molecule has 2 aliphatic heterocycles. The van der Waals surface area contributed by atoms with Gasteiger partial charge < -0.3 is 15.0 Å². The van der Waals surface area contributed by atoms with Crippen LogP contribution in [0.4, 0.5) is 22.0 Å². The van der Waals surface area contributed by atoms with Crippen molar-refractivity contribution in [2.24, 2.45) is 9.98 Å². The van der Waals surface area contributed by atoms with E-state index < -0.39 is 28.1 Å². The van der Waals surface area contributed by atoms with Crippen LogP contribution in [0.25, 0.3) is 0 Å². The number of nitrogens with zero attached hydrogens (tertiary/aromatic N) is 4. The quantitative estimate of drug-likeness (QED) is 0.144. The van der Waals surface area contributed by atoms with Gasteiger partial charge >= 0.3 is 6.36 Å². The summed E-state index contributed by atoms with van der Waals surface area (Å²) in [4.78, 5) is 20.7. The predicted molar refractivity (Wildman–Crippen MR) is 168 cm³/mol. The van der Waals surface area contributed by atoms with E-state index in [-0.39, 0.29) is 30.0 Å². The van der Waals surface area contributed by atoms with Crippen molar-refractivity contribution in [1.29, 1.82) is 0 Å². The van der Waals surface area contributed by atoms with Gasteiger partial charge in [0.25, 0.3) is 5.92 Å². The van der Waals surface area contributed by atoms with E-state index in [2.05, 4.69) is 20.0 Å². The summed E-state index contributed by atoms with van der Waals surface area (Å²) in [6.07, 6.45) is 5.54. The van der Waals surface area contributed by atoms with Crippen LogP contribution in [0.3, 0.4) is 0 Å². The summed E-state index contributed by atoms with van der Waals surface area (Å²) in [7, 11) is -3.82. The Hall–Kier alpha value is -3.76. The van der Waals surface area contributed by atoms with Crippen LogP contribution in [0.15, 0.2) is 87.5 Å². The van der Waals surface area contributed by atoms with Crippen LogP contribution in [0.2, 0.25) is 0 Å². The number of sulfonamides is 1. The molecule has 2 heterocycles. The third kappa shape index (κ3) is 10.9. The number of ether oxygens (including phenoxy) is 1. The third-order valence-corrected chi connectivity index (χ3v) is 9.31. The Morgan fingerprint density at radius 2 is 1.67 bits per heavy atom. The molecule has 4 rings (SSSR count). The van der Waals surface area contributed by atoms with Crippen LogP contribution in [0.1, 0.15) is 30.9 Å². The molecule has 46 heavy (non-hydrogen) atoms. The van der Waals surface area contributed by atoms with E-state index in [0.717, 1.165) is 47.0 Å². The number of aliphatic imine (C=N–C) groups is 2. The number of hydrogen-bond acceptors (Lipinski definition) is 7. The summed E-state index contributed by atoms with van der Waals surface area (Å²) in [5.41, 5.74) is 1.59. The number of hydrogen-bond donors (Lipinski definition) is 1. The maximum absolute atomic E-state index is 13.2. The zero-order chi connectivity index (χ0) is 33.8. The van der Waals surface area contributed by atoms with Gasteiger partial charge in [0.2, 0.25) is 16.4 Å². The minimum absolute atomic E-state index is 0.0138. The topological polar surface area (TPSA) is 104 Å². The highest BCUT2D eigenvalue weighted by molar-refractivity contribution is 8.13. The minimum Gasteiger partial charge on any atom is -0.406 e. The second kappa shape index (κ2) is 16.7. The van der Waals surface area contributed by atoms with Crippen LogP contribution < -0.4 is 10.1 Å². The fourth-order valence-electron chi connectivity index (χ4n) is 4.18. The predicted octanol–water partition coefficient (Wildman–Crippen LogP) is 5.92. The first-order chi connectivity index (χ1) is 21.8. The monoisotopic (exact) mass is 687 g/mol. The summed E-state index contributed by atoms with van der Waals surface area (Å²) < 4.78 is 93.9. The summed E-state index contributed by atoms with van der Waals surface area (Å²) in [5, 5.41) is 3.28. The molecule has 0 radical (unpaired) electrons. The van der Waals surface area contributed by atoms with E-state index >= 15 is 0 Å². The zero-order valence-corrected chi connectivity index (χ0v) is 26.7. The molecule has 0 aliphatic carbocycles. The number of thioether (sulfide) groups is 1. The van der Waals surface area contributed by atoms with E-state index in [9.17, 15) is 35.2 Å². The lowest BCUT2D eigenvalue weighted by Crippen LogP contribution is -2.48. The van der Waals surface area contributed by atoms with Gasteiger partial charge in [0.1, 0.15) is 10.8 Å². The molecule has 0 saturated carbocycles. The van der Waals surface area contributed by atoms with Crippen molar-refractivity contribution in [3.05, 3.63) is 83.7 Å². The highest BCUT2D eigenvalue weighted by atomic mass is 32.2. The Morgan fingerprint density at radius 3 is 2.24 bits per heavy atom. The molecule has 2 aliphatic rings. The number of rotatable bonds is 10. The molecular formula is C30H34F5N5O4S2. The number of nitrogens with one attached hydrogen (secondary N) is 1. The molecule has 2 aromatic rings. The number of allylic oxidation sites excluding steroid dienone is 2. The molecule has 0 unspecified atom stereocenters. The Morgan fingerprint density at radius 1 is 1.02 bits per heavy atom. The SMILES string of the molecule is CCC(F)(F)c1ccc(CNC=O)cc1.CSC1=NC=CCC=C1N=CN1CCN(S(=O)(=O)c2ccc(OC(F)(F)F)cc2)CC1. The van der Waals surface area contributed by atoms with Crippen molar-refractivity contribution in [2.45, 2.75) is 43.5 Å². The number of benzene rings is 2. The number of halogens is 5. The molecule has 0 bridgehead atoms. The van der Waals surface area contributed by atoms with Gasteiger partial charge in [-0.05, 0) is 42.5 Å². The van der Waals surface area contributed by atoms with Gasteiger partial charge in [0, 0.05) is 50.9 Å². The first-order valence-electron chi connectivity index (χ1n) is 14.0. The fourth-order valence-corrected chi connectivity index (χ4v) is 6.11. The normalized spacial score (nSPS) is 16.2. The van der Waals surface area contributed by atoms with E-state index in [1.54, 1.807) is 24.7 Å². The number of carbonyl (C=O) groups is 1. The maximum atomic E-state index is 13.2. The summed E-state index contributed by atoms with van der Waals surface area (Å²) in [5.74, 6) is -3.24. The van der Waals surface area contributed by atoms with Gasteiger partial charge in [-0.25, -0.2) is 27.2 Å². The van der Waals surface area contributed by atoms with Crippen molar-refractivity contribution in [2.75, 3.05) is 32.4 Å². The van der Waals surface area contributed by atoms with Crippen molar-refractivity contribution < 1.29 is 39.9 Å². The number of amides is 1. The first-order valence-corrected chi connectivity index (χ1v) is 16.7. The third-order valence-electron chi connectivity index (χ3n) is 6.70. The van der Waals surface area contributed by atoms with Gasteiger partial charge in [-0.2, -0.15) is 4.31 Å². The van der Waals surface area contributed by atoms with E-state index in [4.69, 9.17) is 0 Å². The lowest BCUT2D eigenvalue weighted by atomic mass is 10.0. The van der Waals surface area contributed by atoms with Crippen molar-refractivity contribution in [3.63, 3.8) is 0 Å². The van der Waals surface area contributed by atoms with Crippen molar-refractivity contribution in [3.8, 4) is 5.75 Å². The van der Waals surface area contributed by atoms with Crippen LogP contribution in [-0.2, 0) is 27.3 Å². The summed E-state index contributed by atoms with van der Waals surface area (Å²) in [6, 6.07) is 10.2. The lowest BCUT2D eigenvalue weighted by molar-refractivity contribution is -0.274. The molecule has 9 nitrogen and oxygen atoms in total. The maximum Gasteiger partial charge on any atom is 0.573 e.